The van der Waals surface area contributed by atoms with Crippen molar-refractivity contribution in [3.8, 4) is 0 Å². The zero-order valence-corrected chi connectivity index (χ0v) is 12.5. The van der Waals surface area contributed by atoms with Crippen LogP contribution in [0.3, 0.4) is 0 Å². The minimum atomic E-state index is 0.629. The van der Waals surface area contributed by atoms with Crippen molar-refractivity contribution in [1.82, 2.24) is 0 Å². The third-order valence-corrected chi connectivity index (χ3v) is 4.21. The number of hydrogen-bond donors (Lipinski definition) is 0. The predicted molar refractivity (Wildman–Crippen MR) is 80.4 cm³/mol. The molecule has 1 aromatic carbocycles. The number of rotatable bonds is 8. The second-order valence-corrected chi connectivity index (χ2v) is 6.22. The summed E-state index contributed by atoms with van der Waals surface area (Å²) in [6.45, 7) is 4.47. The zero-order chi connectivity index (χ0) is 12.5. The monoisotopic (exact) mass is 270 g/mol. The van der Waals surface area contributed by atoms with Crippen molar-refractivity contribution in [1.29, 1.82) is 0 Å². The van der Waals surface area contributed by atoms with Crippen molar-refractivity contribution in [2.24, 2.45) is 0 Å². The Balaban J connectivity index is 2.19. The number of alkyl halides is 1. The van der Waals surface area contributed by atoms with Crippen LogP contribution in [0.4, 0.5) is 0 Å². The van der Waals surface area contributed by atoms with Crippen LogP contribution >= 0.6 is 23.4 Å². The minimum absolute atomic E-state index is 0.629. The fraction of sp³-hybridized carbons (Fsp3) is 0.600. The first kappa shape index (κ1) is 14.9. The first-order valence-electron chi connectivity index (χ1n) is 6.52. The van der Waals surface area contributed by atoms with E-state index in [1.807, 2.05) is 11.8 Å². The zero-order valence-electron chi connectivity index (χ0n) is 10.9. The van der Waals surface area contributed by atoms with E-state index in [0.717, 1.165) is 12.3 Å². The third kappa shape index (κ3) is 6.38. The summed E-state index contributed by atoms with van der Waals surface area (Å²) in [6, 6.07) is 9.00. The second-order valence-electron chi connectivity index (χ2n) is 4.68. The maximum Gasteiger partial charge on any atom is 0.0223 e. The van der Waals surface area contributed by atoms with Gasteiger partial charge in [-0.1, -0.05) is 38.8 Å². The van der Waals surface area contributed by atoms with E-state index >= 15 is 0 Å². The van der Waals surface area contributed by atoms with E-state index in [0.29, 0.717) is 5.92 Å². The average Bonchev–Trinajstić information content (AvgIpc) is 2.34. The van der Waals surface area contributed by atoms with Gasteiger partial charge < -0.3 is 0 Å². The number of unbranched alkanes of at least 4 members (excludes halogenated alkanes) is 3. The molecule has 17 heavy (non-hydrogen) atoms. The average molecular weight is 271 g/mol. The van der Waals surface area contributed by atoms with Gasteiger partial charge >= 0.3 is 0 Å². The van der Waals surface area contributed by atoms with Gasteiger partial charge in [-0.2, -0.15) is 0 Å². The Hall–Kier alpha value is -0.140. The normalized spacial score (nSPS) is 11.1. The highest BCUT2D eigenvalue weighted by Gasteiger charge is 1.99. The minimum Gasteiger partial charge on any atom is -0.127 e. The molecule has 1 aromatic rings. The van der Waals surface area contributed by atoms with Crippen molar-refractivity contribution < 1.29 is 0 Å². The molecule has 0 atom stereocenters. The van der Waals surface area contributed by atoms with Crippen LogP contribution < -0.4 is 0 Å². The van der Waals surface area contributed by atoms with Crippen LogP contribution in [0.15, 0.2) is 29.2 Å². The van der Waals surface area contributed by atoms with E-state index in [1.54, 1.807) is 0 Å². The lowest BCUT2D eigenvalue weighted by Gasteiger charge is -2.06. The molecule has 0 radical (unpaired) electrons. The van der Waals surface area contributed by atoms with Crippen LogP contribution in [-0.4, -0.2) is 11.6 Å². The number of halogens is 1. The Kier molecular flexibility index (Phi) is 7.79. The standard InChI is InChI=1S/C15H23ClS/c1-13(2)14-7-9-15(10-8-14)17-12-6-4-3-5-11-16/h7-10,13H,3-6,11-12H2,1-2H3. The van der Waals surface area contributed by atoms with Gasteiger partial charge in [-0.3, -0.25) is 0 Å². The Bertz CT molecular complexity index is 292. The van der Waals surface area contributed by atoms with Crippen LogP contribution in [0, 0.1) is 0 Å². The molecule has 0 aliphatic carbocycles. The lowest BCUT2D eigenvalue weighted by molar-refractivity contribution is 0.709. The summed E-state index contributed by atoms with van der Waals surface area (Å²) in [6.07, 6.45) is 5.04. The Labute approximate surface area is 115 Å². The first-order chi connectivity index (χ1) is 8.24. The molecule has 1 rings (SSSR count). The molecule has 96 valence electrons. The van der Waals surface area contributed by atoms with E-state index in [2.05, 4.69) is 38.1 Å². The predicted octanol–water partition coefficient (Wildman–Crippen LogP) is 5.70. The van der Waals surface area contributed by atoms with E-state index in [1.165, 1.54) is 35.5 Å². The van der Waals surface area contributed by atoms with Gasteiger partial charge in [0.25, 0.3) is 0 Å². The Morgan fingerprint density at radius 2 is 1.65 bits per heavy atom. The summed E-state index contributed by atoms with van der Waals surface area (Å²) in [5.41, 5.74) is 1.43. The van der Waals surface area contributed by atoms with Gasteiger partial charge in [-0.15, -0.1) is 23.4 Å². The molecular formula is C15H23ClS. The largest absolute Gasteiger partial charge is 0.127 e. The maximum absolute atomic E-state index is 5.65. The lowest BCUT2D eigenvalue weighted by atomic mass is 10.0. The van der Waals surface area contributed by atoms with Crippen LogP contribution in [0.2, 0.25) is 0 Å². The van der Waals surface area contributed by atoms with Crippen LogP contribution in [-0.2, 0) is 0 Å². The first-order valence-corrected chi connectivity index (χ1v) is 8.04. The molecule has 2 heteroatoms. The molecule has 0 saturated carbocycles. The van der Waals surface area contributed by atoms with Crippen molar-refractivity contribution in [2.75, 3.05) is 11.6 Å². The Morgan fingerprint density at radius 1 is 1.00 bits per heavy atom. The fourth-order valence-electron chi connectivity index (χ4n) is 1.69. The summed E-state index contributed by atoms with van der Waals surface area (Å²) >= 11 is 7.61. The molecule has 0 aliphatic rings. The fourth-order valence-corrected chi connectivity index (χ4v) is 2.79. The molecule has 0 N–H and O–H groups in total. The van der Waals surface area contributed by atoms with E-state index < -0.39 is 0 Å². The second kappa shape index (κ2) is 8.88. The van der Waals surface area contributed by atoms with Crippen molar-refractivity contribution in [3.63, 3.8) is 0 Å². The van der Waals surface area contributed by atoms with Gasteiger partial charge in [-0.25, -0.2) is 0 Å². The van der Waals surface area contributed by atoms with Gasteiger partial charge in [0.15, 0.2) is 0 Å². The van der Waals surface area contributed by atoms with Crippen LogP contribution in [0.5, 0.6) is 0 Å². The molecule has 0 aromatic heterocycles. The van der Waals surface area contributed by atoms with Crippen molar-refractivity contribution in [2.45, 2.75) is 50.3 Å². The number of hydrogen-bond acceptors (Lipinski definition) is 1. The SMILES string of the molecule is CC(C)c1ccc(SCCCCCCCl)cc1. The highest BCUT2D eigenvalue weighted by Crippen LogP contribution is 2.22. The lowest BCUT2D eigenvalue weighted by Crippen LogP contribution is -1.87. The number of thioether (sulfide) groups is 1. The third-order valence-electron chi connectivity index (χ3n) is 2.84. The van der Waals surface area contributed by atoms with E-state index in [9.17, 15) is 0 Å². The smallest absolute Gasteiger partial charge is 0.0223 e. The molecule has 0 fully saturated rings. The van der Waals surface area contributed by atoms with E-state index in [4.69, 9.17) is 11.6 Å². The van der Waals surface area contributed by atoms with Gasteiger partial charge in [-0.05, 0) is 42.2 Å². The summed E-state index contributed by atoms with van der Waals surface area (Å²) in [4.78, 5) is 1.40. The van der Waals surface area contributed by atoms with Gasteiger partial charge in [0.1, 0.15) is 0 Å². The van der Waals surface area contributed by atoms with Crippen molar-refractivity contribution in [3.05, 3.63) is 29.8 Å². The van der Waals surface area contributed by atoms with Gasteiger partial charge in [0, 0.05) is 10.8 Å². The van der Waals surface area contributed by atoms with Crippen LogP contribution in [0.25, 0.3) is 0 Å². The Morgan fingerprint density at radius 3 is 2.24 bits per heavy atom. The maximum atomic E-state index is 5.65. The highest BCUT2D eigenvalue weighted by atomic mass is 35.5. The summed E-state index contributed by atoms with van der Waals surface area (Å²) in [5, 5.41) is 0. The van der Waals surface area contributed by atoms with Gasteiger partial charge in [0.2, 0.25) is 0 Å². The highest BCUT2D eigenvalue weighted by molar-refractivity contribution is 7.99. The molecule has 0 spiro atoms. The molecule has 0 nitrogen and oxygen atoms in total. The molecule has 0 saturated heterocycles. The molecule has 0 bridgehead atoms. The molecule has 0 unspecified atom stereocenters. The van der Waals surface area contributed by atoms with Crippen LogP contribution in [0.1, 0.15) is 51.0 Å². The van der Waals surface area contributed by atoms with Crippen molar-refractivity contribution >= 4 is 23.4 Å². The molecular weight excluding hydrogens is 248 g/mol. The molecule has 0 amide bonds. The molecule has 0 heterocycles. The van der Waals surface area contributed by atoms with Gasteiger partial charge in [0.05, 0.1) is 0 Å². The summed E-state index contributed by atoms with van der Waals surface area (Å²) in [7, 11) is 0. The summed E-state index contributed by atoms with van der Waals surface area (Å²) in [5.74, 6) is 2.66. The summed E-state index contributed by atoms with van der Waals surface area (Å²) < 4.78 is 0. The van der Waals surface area contributed by atoms with E-state index in [-0.39, 0.29) is 0 Å². The topological polar surface area (TPSA) is 0 Å². The molecule has 0 aliphatic heterocycles. The number of benzene rings is 1. The quantitative estimate of drug-likeness (QED) is 0.332.